The molecule has 4 aromatic carbocycles. The number of nitrogens with one attached hydrogen (secondary N) is 3. The van der Waals surface area contributed by atoms with Crippen molar-refractivity contribution in [1.82, 2.24) is 16.0 Å². The second-order valence-corrected chi connectivity index (χ2v) is 12.0. The number of phenolic OH excluding ortho intramolecular Hbond substituents is 6. The minimum Gasteiger partial charge on any atom is -0.508 e. The number of carboxylic acids is 1. The van der Waals surface area contributed by atoms with E-state index in [1.54, 1.807) is 39.0 Å². The molecule has 0 aliphatic heterocycles. The van der Waals surface area contributed by atoms with E-state index in [4.69, 9.17) is 21.1 Å². The van der Waals surface area contributed by atoms with Crippen LogP contribution < -0.4 is 21.7 Å². The molecule has 0 heterocycles. The number of aliphatic carboxylic acids is 1. The van der Waals surface area contributed by atoms with Gasteiger partial charge in [-0.15, -0.1) is 0 Å². The van der Waals surface area contributed by atoms with Crippen LogP contribution in [-0.4, -0.2) is 84.6 Å². The van der Waals surface area contributed by atoms with Gasteiger partial charge in [0.2, 0.25) is 5.91 Å². The third-order valence-corrected chi connectivity index (χ3v) is 7.60. The van der Waals surface area contributed by atoms with Crippen molar-refractivity contribution in [3.63, 3.8) is 0 Å². The summed E-state index contributed by atoms with van der Waals surface area (Å²) >= 11 is 0. The Morgan fingerprint density at radius 3 is 1.40 bits per heavy atom. The molecule has 2 atom stereocenters. The molecule has 0 saturated heterocycles. The molecule has 284 valence electrons. The fraction of sp³-hybridized carbons (Fsp3) is 0.263. The van der Waals surface area contributed by atoms with Crippen LogP contribution >= 0.6 is 0 Å². The van der Waals surface area contributed by atoms with Crippen LogP contribution in [0.4, 0.5) is 0 Å². The number of phenols is 6. The molecule has 53 heavy (non-hydrogen) atoms. The van der Waals surface area contributed by atoms with Gasteiger partial charge in [0.05, 0.1) is 0 Å². The number of amides is 3. The largest absolute Gasteiger partial charge is 0.508 e. The zero-order valence-corrected chi connectivity index (χ0v) is 29.8. The lowest BCUT2D eigenvalue weighted by atomic mass is 10.1. The predicted molar refractivity (Wildman–Crippen MR) is 196 cm³/mol. The van der Waals surface area contributed by atoms with E-state index in [1.807, 2.05) is 0 Å². The van der Waals surface area contributed by atoms with Crippen molar-refractivity contribution in [2.24, 2.45) is 5.73 Å². The van der Waals surface area contributed by atoms with E-state index in [0.29, 0.717) is 48.2 Å². The number of hydrogen-bond acceptors (Lipinski definition) is 11. The summed E-state index contributed by atoms with van der Waals surface area (Å²) in [5, 5.41) is 71.7. The van der Waals surface area contributed by atoms with Crippen molar-refractivity contribution in [2.45, 2.75) is 52.6 Å². The van der Waals surface area contributed by atoms with Gasteiger partial charge in [0.15, 0.2) is 23.0 Å². The number of carboxylic acid groups (broad SMARTS) is 1. The first kappa shape index (κ1) is 42.7. The smallest absolute Gasteiger partial charge is 0.325 e. The van der Waals surface area contributed by atoms with Crippen LogP contribution in [0.15, 0.2) is 72.8 Å². The Morgan fingerprint density at radius 2 is 1.00 bits per heavy atom. The minimum atomic E-state index is -1.09. The van der Waals surface area contributed by atoms with Gasteiger partial charge in [0, 0.05) is 17.7 Å². The summed E-state index contributed by atoms with van der Waals surface area (Å²) in [5.74, 6) is -2.69. The van der Waals surface area contributed by atoms with Gasteiger partial charge in [-0.05, 0) is 130 Å². The van der Waals surface area contributed by atoms with E-state index in [-0.39, 0.29) is 40.4 Å². The van der Waals surface area contributed by atoms with Crippen molar-refractivity contribution >= 4 is 23.7 Å². The summed E-state index contributed by atoms with van der Waals surface area (Å²) in [4.78, 5) is 46.3. The number of aryl methyl sites for hydroxylation is 2. The van der Waals surface area contributed by atoms with Gasteiger partial charge in [0.1, 0.15) is 23.6 Å². The molecule has 0 bridgehead atoms. The molecule has 15 heteroatoms. The fourth-order valence-corrected chi connectivity index (χ4v) is 4.38. The van der Waals surface area contributed by atoms with Gasteiger partial charge in [-0.25, -0.2) is 0 Å². The lowest BCUT2D eigenvalue weighted by Gasteiger charge is -2.14. The SMILES string of the molecule is Cc1cc(C(=O)NC(C)C(=O)NCCc2ccc(O)c(O)c2)ccc1O.Cc1cc(C(=O)NC(C)C(=O)O)ccc1O.NCCc1ccc(O)c(O)c1. The summed E-state index contributed by atoms with van der Waals surface area (Å²) in [5.41, 5.74) is 8.82. The molecule has 12 N–H and O–H groups in total. The molecule has 0 aliphatic rings. The second-order valence-electron chi connectivity index (χ2n) is 12.0. The summed E-state index contributed by atoms with van der Waals surface area (Å²) in [6.07, 6.45) is 1.19. The van der Waals surface area contributed by atoms with Crippen molar-refractivity contribution in [3.8, 4) is 34.5 Å². The molecule has 3 amide bonds. The van der Waals surface area contributed by atoms with Crippen LogP contribution in [0, 0.1) is 13.8 Å². The highest BCUT2D eigenvalue weighted by atomic mass is 16.4. The highest BCUT2D eigenvalue weighted by Gasteiger charge is 2.17. The molecule has 0 aliphatic carbocycles. The van der Waals surface area contributed by atoms with Gasteiger partial charge < -0.3 is 57.4 Å². The first-order chi connectivity index (χ1) is 24.9. The lowest BCUT2D eigenvalue weighted by molar-refractivity contribution is -0.138. The van der Waals surface area contributed by atoms with Crippen LogP contribution in [0.25, 0.3) is 0 Å². The lowest BCUT2D eigenvalue weighted by Crippen LogP contribution is -2.45. The Kier molecular flexibility index (Phi) is 16.4. The molecule has 0 aromatic heterocycles. The minimum absolute atomic E-state index is 0.0871. The van der Waals surface area contributed by atoms with Gasteiger partial charge in [-0.2, -0.15) is 0 Å². The highest BCUT2D eigenvalue weighted by molar-refractivity contribution is 5.98. The quantitative estimate of drug-likeness (QED) is 0.0993. The van der Waals surface area contributed by atoms with E-state index in [1.165, 1.54) is 61.5 Å². The Morgan fingerprint density at radius 1 is 0.585 bits per heavy atom. The molecule has 4 aromatic rings. The number of nitrogens with two attached hydrogens (primary N) is 1. The third-order valence-electron chi connectivity index (χ3n) is 7.60. The van der Waals surface area contributed by atoms with Crippen molar-refractivity contribution < 1.29 is 54.9 Å². The van der Waals surface area contributed by atoms with E-state index in [0.717, 1.165) is 11.1 Å². The Hall–Kier alpha value is -6.48. The zero-order valence-electron chi connectivity index (χ0n) is 29.8. The third kappa shape index (κ3) is 14.0. The highest BCUT2D eigenvalue weighted by Crippen LogP contribution is 2.26. The van der Waals surface area contributed by atoms with Gasteiger partial charge in [-0.1, -0.05) is 12.1 Å². The Labute approximate surface area is 306 Å². The number of hydrogen-bond donors (Lipinski definition) is 11. The maximum absolute atomic E-state index is 12.2. The fourth-order valence-electron chi connectivity index (χ4n) is 4.38. The monoisotopic (exact) mass is 734 g/mol. The van der Waals surface area contributed by atoms with Gasteiger partial charge >= 0.3 is 5.97 Å². The van der Waals surface area contributed by atoms with Crippen LogP contribution in [0.5, 0.6) is 34.5 Å². The van der Waals surface area contributed by atoms with E-state index < -0.39 is 29.9 Å². The first-order valence-corrected chi connectivity index (χ1v) is 16.4. The maximum atomic E-state index is 12.2. The van der Waals surface area contributed by atoms with Crippen molar-refractivity contribution in [2.75, 3.05) is 13.1 Å². The topological polar surface area (TPSA) is 272 Å². The Balaban J connectivity index is 0.000000305. The molecule has 0 spiro atoms. The van der Waals surface area contributed by atoms with Crippen LogP contribution in [0.2, 0.25) is 0 Å². The predicted octanol–water partition coefficient (Wildman–Crippen LogP) is 3.09. The number of benzene rings is 4. The standard InChI is InChI=1S/C19H22N2O5.C11H13NO4.C8H11NO2/c1-11-9-14(4-6-15(11)22)19(26)21-12(2)18(25)20-8-7-13-3-5-16(23)17(24)10-13;1-6-5-8(3-4-9(6)13)10(14)12-7(2)11(15)16;9-4-3-6-1-2-7(10)8(11)5-6/h3-6,9-10,12,22-24H,7-8H2,1-2H3,(H,20,25)(H,21,26);3-5,7,13H,1-2H3,(H,12,14)(H,15,16);1-2,5,10-11H,3-4,9H2. The number of rotatable bonds is 11. The van der Waals surface area contributed by atoms with Gasteiger partial charge in [0.25, 0.3) is 11.8 Å². The molecule has 15 nitrogen and oxygen atoms in total. The molecule has 0 saturated carbocycles. The summed E-state index contributed by atoms with van der Waals surface area (Å²) in [7, 11) is 0. The van der Waals surface area contributed by atoms with E-state index >= 15 is 0 Å². The van der Waals surface area contributed by atoms with Crippen molar-refractivity contribution in [3.05, 3.63) is 106 Å². The number of aromatic hydroxyl groups is 6. The van der Waals surface area contributed by atoms with E-state index in [9.17, 15) is 39.6 Å². The van der Waals surface area contributed by atoms with Gasteiger partial charge in [-0.3, -0.25) is 19.2 Å². The van der Waals surface area contributed by atoms with Crippen LogP contribution in [0.1, 0.15) is 56.8 Å². The molecule has 4 rings (SSSR count). The van der Waals surface area contributed by atoms with Crippen molar-refractivity contribution in [1.29, 1.82) is 0 Å². The molecule has 0 radical (unpaired) electrons. The maximum Gasteiger partial charge on any atom is 0.325 e. The average molecular weight is 735 g/mol. The average Bonchev–Trinajstić information content (AvgIpc) is 3.10. The van der Waals surface area contributed by atoms with Crippen LogP contribution in [-0.2, 0) is 22.4 Å². The number of carbonyl (C=O) groups is 4. The summed E-state index contributed by atoms with van der Waals surface area (Å²) in [6, 6.07) is 16.3. The normalized spacial score (nSPS) is 11.3. The molecule has 2 unspecified atom stereocenters. The Bertz CT molecular complexity index is 1900. The molecular weight excluding hydrogens is 688 g/mol. The summed E-state index contributed by atoms with van der Waals surface area (Å²) in [6.45, 7) is 7.17. The number of carbonyl (C=O) groups excluding carboxylic acids is 3. The second kappa shape index (κ2) is 20.4. The zero-order chi connectivity index (χ0) is 39.8. The van der Waals surface area contributed by atoms with E-state index in [2.05, 4.69) is 16.0 Å². The molecular formula is C38H46N4O11. The summed E-state index contributed by atoms with van der Waals surface area (Å²) < 4.78 is 0. The van der Waals surface area contributed by atoms with Crippen LogP contribution in [0.3, 0.4) is 0 Å². The molecule has 0 fully saturated rings. The first-order valence-electron chi connectivity index (χ1n) is 16.4.